The minimum Gasteiger partial charge on any atom is -0.465 e. The van der Waals surface area contributed by atoms with E-state index in [2.05, 4.69) is 30.0 Å². The maximum atomic E-state index is 11.8. The number of para-hydroxylation sites is 2. The molecule has 0 bridgehead atoms. The van der Waals surface area contributed by atoms with Gasteiger partial charge >= 0.3 is 11.9 Å². The maximum Gasteiger partial charge on any atom is 0.339 e. The summed E-state index contributed by atoms with van der Waals surface area (Å²) in [6, 6.07) is 17.5. The number of halogens is 3. The van der Waals surface area contributed by atoms with Crippen LogP contribution < -0.4 is 11.1 Å². The number of esters is 2. The van der Waals surface area contributed by atoms with Crippen LogP contribution >= 0.6 is 34.8 Å². The zero-order valence-electron chi connectivity index (χ0n) is 24.5. The third-order valence-electron chi connectivity index (χ3n) is 6.29. The summed E-state index contributed by atoms with van der Waals surface area (Å²) in [7, 11) is 6.44. The number of carbonyl (C=O) groups is 2. The van der Waals surface area contributed by atoms with Crippen LogP contribution in [-0.2, 0) is 23.6 Å². The fourth-order valence-corrected chi connectivity index (χ4v) is 4.87. The van der Waals surface area contributed by atoms with Crippen molar-refractivity contribution in [2.75, 3.05) is 25.3 Å². The molecule has 4 aromatic heterocycles. The van der Waals surface area contributed by atoms with Gasteiger partial charge in [-0.2, -0.15) is 4.98 Å². The quantitative estimate of drug-likeness (QED) is 0.0923. The Morgan fingerprint density at radius 3 is 1.84 bits per heavy atom. The minimum absolute atomic E-state index is 0.136. The minimum atomic E-state index is -0.425. The highest BCUT2D eigenvalue weighted by molar-refractivity contribution is 6.35. The van der Waals surface area contributed by atoms with E-state index in [0.717, 1.165) is 22.1 Å². The molecular weight excluding hydrogens is 643 g/mol. The van der Waals surface area contributed by atoms with Crippen molar-refractivity contribution in [3.05, 3.63) is 99.9 Å². The Bertz CT molecular complexity index is 1990. The Morgan fingerprint density at radius 1 is 0.711 bits per heavy atom. The predicted molar refractivity (Wildman–Crippen MR) is 175 cm³/mol. The van der Waals surface area contributed by atoms with E-state index in [-0.39, 0.29) is 10.6 Å². The molecule has 2 aromatic carbocycles. The van der Waals surface area contributed by atoms with Crippen molar-refractivity contribution in [3.63, 3.8) is 0 Å². The normalized spacial score (nSPS) is 10.4. The lowest BCUT2D eigenvalue weighted by molar-refractivity contribution is 0.0593. The summed E-state index contributed by atoms with van der Waals surface area (Å²) in [5, 5.41) is 3.84. The molecule has 0 spiro atoms. The molecule has 0 aliphatic rings. The summed E-state index contributed by atoms with van der Waals surface area (Å²) in [4.78, 5) is 39.0. The topological polar surface area (TPSA) is 152 Å². The number of nitrogen functional groups attached to an aromatic ring is 1. The van der Waals surface area contributed by atoms with Gasteiger partial charge in [0.2, 0.25) is 10.6 Å². The number of hydrogen-bond donors (Lipinski definition) is 2. The number of nitrogens with one attached hydrogen (secondary N) is 1. The Morgan fingerprint density at radius 2 is 1.22 bits per heavy atom. The van der Waals surface area contributed by atoms with E-state index in [4.69, 9.17) is 45.3 Å². The van der Waals surface area contributed by atoms with Crippen molar-refractivity contribution in [1.29, 1.82) is 0 Å². The fourth-order valence-electron chi connectivity index (χ4n) is 4.17. The number of benzene rings is 2. The van der Waals surface area contributed by atoms with Gasteiger partial charge in [0.1, 0.15) is 11.0 Å². The molecule has 0 amide bonds. The van der Waals surface area contributed by atoms with Gasteiger partial charge in [-0.15, -0.1) is 0 Å². The molecule has 0 unspecified atom stereocenters. The Labute approximate surface area is 272 Å². The first-order chi connectivity index (χ1) is 21.5. The van der Waals surface area contributed by atoms with Crippen molar-refractivity contribution < 1.29 is 19.1 Å². The highest BCUT2D eigenvalue weighted by atomic mass is 35.5. The van der Waals surface area contributed by atoms with E-state index in [0.29, 0.717) is 33.5 Å². The van der Waals surface area contributed by atoms with Crippen LogP contribution in [0.5, 0.6) is 0 Å². The largest absolute Gasteiger partial charge is 0.465 e. The maximum absolute atomic E-state index is 11.8. The fraction of sp³-hybridized carbons (Fsp3) is 0.133. The third kappa shape index (κ3) is 7.79. The van der Waals surface area contributed by atoms with Gasteiger partial charge in [0, 0.05) is 32.2 Å². The molecule has 12 nitrogen and oxygen atoms in total. The van der Waals surface area contributed by atoms with Gasteiger partial charge in [-0.1, -0.05) is 35.9 Å². The van der Waals surface area contributed by atoms with E-state index in [1.54, 1.807) is 42.5 Å². The van der Waals surface area contributed by atoms with E-state index in [9.17, 15) is 9.59 Å². The number of anilines is 3. The number of carbonyl (C=O) groups excluding carboxylic acids is 2. The summed E-state index contributed by atoms with van der Waals surface area (Å²) < 4.78 is 13.0. The molecule has 0 atom stereocenters. The molecule has 0 aliphatic carbocycles. The molecule has 4 heterocycles. The van der Waals surface area contributed by atoms with Crippen molar-refractivity contribution >= 4 is 86.0 Å². The number of nitrogens with zero attached hydrogens (tertiary/aromatic N) is 6. The van der Waals surface area contributed by atoms with E-state index >= 15 is 0 Å². The Balaban J connectivity index is 0.000000169. The van der Waals surface area contributed by atoms with Crippen molar-refractivity contribution in [1.82, 2.24) is 29.1 Å². The van der Waals surface area contributed by atoms with Crippen molar-refractivity contribution in [3.8, 4) is 0 Å². The first-order valence-corrected chi connectivity index (χ1v) is 14.2. The second kappa shape index (κ2) is 14.7. The lowest BCUT2D eigenvalue weighted by Gasteiger charge is -2.11. The van der Waals surface area contributed by atoms with Gasteiger partial charge in [-0.25, -0.2) is 24.5 Å². The van der Waals surface area contributed by atoms with Crippen molar-refractivity contribution in [2.24, 2.45) is 14.1 Å². The lowest BCUT2D eigenvalue weighted by atomic mass is 10.2. The molecule has 0 fully saturated rings. The number of ether oxygens (including phenoxy) is 2. The zero-order valence-corrected chi connectivity index (χ0v) is 26.7. The smallest absolute Gasteiger partial charge is 0.339 e. The molecule has 0 aliphatic heterocycles. The Kier molecular flexibility index (Phi) is 10.8. The molecule has 45 heavy (non-hydrogen) atoms. The molecular formula is C30H27Cl3N8O4. The van der Waals surface area contributed by atoms with Crippen LogP contribution in [0.4, 0.5) is 17.2 Å². The van der Waals surface area contributed by atoms with Crippen LogP contribution in [-0.4, -0.2) is 55.2 Å². The van der Waals surface area contributed by atoms with Crippen molar-refractivity contribution in [2.45, 2.75) is 0 Å². The first-order valence-electron chi connectivity index (χ1n) is 13.0. The van der Waals surface area contributed by atoms with E-state index in [1.807, 2.05) is 53.8 Å². The SMILES string of the molecule is COC(=O)c1ccccc1N.COC(=O)c1ccccc1Nc1nc(Cl)nc2ccn(C)c12.Cn1ccc2nc(Cl)nc(Cl)c21. The molecule has 6 rings (SSSR count). The van der Waals surface area contributed by atoms with E-state index in [1.165, 1.54) is 14.2 Å². The molecule has 15 heteroatoms. The van der Waals surface area contributed by atoms with Crippen LogP contribution in [0.25, 0.3) is 22.1 Å². The van der Waals surface area contributed by atoms with Gasteiger partial charge < -0.3 is 29.7 Å². The molecule has 6 aromatic rings. The van der Waals surface area contributed by atoms with Gasteiger partial charge in [0.05, 0.1) is 42.1 Å². The van der Waals surface area contributed by atoms with Crippen LogP contribution in [0.15, 0.2) is 73.1 Å². The number of rotatable bonds is 4. The lowest BCUT2D eigenvalue weighted by Crippen LogP contribution is -2.07. The summed E-state index contributed by atoms with van der Waals surface area (Å²) in [5.74, 6) is -0.298. The molecule has 232 valence electrons. The summed E-state index contributed by atoms with van der Waals surface area (Å²) in [5.41, 5.74) is 10.5. The number of hydrogen-bond acceptors (Lipinski definition) is 10. The Hall–Kier alpha value is -4.91. The summed E-state index contributed by atoms with van der Waals surface area (Å²) in [6.07, 6.45) is 3.73. The standard InChI is InChI=1S/C15H13ClN4O2.C8H9NO2.C7H5Cl2N3/c1-20-8-7-11-12(20)13(19-15(16)18-11)17-10-6-4-3-5-9(10)14(21)22-2;1-11-8(10)6-4-2-3-5-7(6)9;1-12-3-2-4-5(12)6(8)11-7(9)10-4/h3-8H,1-2H3,(H,17,18,19);2-5H,9H2,1H3;2-3H,1H3. The van der Waals surface area contributed by atoms with Crippen LogP contribution in [0.2, 0.25) is 15.7 Å². The van der Waals surface area contributed by atoms with Crippen LogP contribution in [0.3, 0.4) is 0 Å². The van der Waals surface area contributed by atoms with E-state index < -0.39 is 11.9 Å². The van der Waals surface area contributed by atoms with Gasteiger partial charge in [-0.3, -0.25) is 0 Å². The van der Waals surface area contributed by atoms with Gasteiger partial charge in [0.25, 0.3) is 0 Å². The molecule has 3 N–H and O–H groups in total. The zero-order chi connectivity index (χ0) is 32.7. The highest BCUT2D eigenvalue weighted by Gasteiger charge is 2.15. The van der Waals surface area contributed by atoms with Crippen LogP contribution in [0.1, 0.15) is 20.7 Å². The average Bonchev–Trinajstić information content (AvgIpc) is 3.59. The number of aromatic nitrogens is 6. The first kappa shape index (κ1) is 33.0. The predicted octanol–water partition coefficient (Wildman–Crippen LogP) is 6.48. The molecule has 0 radical (unpaired) electrons. The van der Waals surface area contributed by atoms with Gasteiger partial charge in [0.15, 0.2) is 11.0 Å². The molecule has 0 saturated heterocycles. The number of fused-ring (bicyclic) bond motifs is 2. The summed E-state index contributed by atoms with van der Waals surface area (Å²) in [6.45, 7) is 0. The van der Waals surface area contributed by atoms with Gasteiger partial charge in [-0.05, 0) is 59.6 Å². The average molecular weight is 670 g/mol. The molecule has 0 saturated carbocycles. The third-order valence-corrected chi connectivity index (χ3v) is 6.90. The second-order valence-electron chi connectivity index (χ2n) is 9.19. The van der Waals surface area contributed by atoms with Crippen LogP contribution in [0, 0.1) is 0 Å². The summed E-state index contributed by atoms with van der Waals surface area (Å²) >= 11 is 17.4. The second-order valence-corrected chi connectivity index (χ2v) is 10.2. The number of nitrogens with two attached hydrogens (primary N) is 1. The number of aryl methyl sites for hydroxylation is 2. The highest BCUT2D eigenvalue weighted by Crippen LogP contribution is 2.27. The number of methoxy groups -OCH3 is 2. The monoisotopic (exact) mass is 668 g/mol.